The van der Waals surface area contributed by atoms with Crippen LogP contribution in [0, 0.1) is 0 Å². The third kappa shape index (κ3) is 3.36. The Kier molecular flexibility index (Phi) is 5.29. The summed E-state index contributed by atoms with van der Waals surface area (Å²) in [5.74, 6) is 1.34. The van der Waals surface area contributed by atoms with Crippen LogP contribution in [-0.4, -0.2) is 33.1 Å². The quantitative estimate of drug-likeness (QED) is 0.709. The molecule has 24 heavy (non-hydrogen) atoms. The first-order valence-corrected chi connectivity index (χ1v) is 9.15. The van der Waals surface area contributed by atoms with E-state index in [1.807, 2.05) is 7.05 Å². The zero-order chi connectivity index (χ0) is 17.1. The van der Waals surface area contributed by atoms with Crippen LogP contribution >= 0.6 is 11.6 Å². The lowest BCUT2D eigenvalue weighted by Crippen LogP contribution is -2.14. The molecule has 0 unspecified atom stereocenters. The summed E-state index contributed by atoms with van der Waals surface area (Å²) >= 11 is 5.83. The number of carboxylic acids is 1. The number of hydrogen-bond donors (Lipinski definition) is 2. The van der Waals surface area contributed by atoms with Gasteiger partial charge in [-0.25, -0.2) is 4.98 Å². The molecule has 2 N–H and O–H groups in total. The molecule has 1 aliphatic carbocycles. The molecular weight excluding hydrogens is 326 g/mol. The van der Waals surface area contributed by atoms with E-state index in [0.29, 0.717) is 24.6 Å². The van der Waals surface area contributed by atoms with Crippen molar-refractivity contribution >= 4 is 34.3 Å². The first-order valence-electron chi connectivity index (χ1n) is 8.61. The largest absolute Gasteiger partial charge is 0.481 e. The third-order valence-electron chi connectivity index (χ3n) is 4.90. The van der Waals surface area contributed by atoms with Gasteiger partial charge in [0.25, 0.3) is 0 Å². The molecule has 1 aliphatic rings. The number of halogens is 1. The molecule has 0 amide bonds. The van der Waals surface area contributed by atoms with Crippen molar-refractivity contribution < 1.29 is 9.90 Å². The molecule has 3 rings (SSSR count). The number of imidazole rings is 1. The Morgan fingerprint density at radius 2 is 2.25 bits per heavy atom. The number of nitrogens with zero attached hydrogens (tertiary/aromatic N) is 2. The fourth-order valence-corrected chi connectivity index (χ4v) is 3.49. The summed E-state index contributed by atoms with van der Waals surface area (Å²) in [5, 5.41) is 12.3. The molecule has 0 radical (unpaired) electrons. The molecule has 0 aliphatic heterocycles. The molecule has 2 aromatic rings. The molecule has 0 spiro atoms. The number of anilines is 1. The number of carboxylic acid groups (broad SMARTS) is 1. The number of fused-ring (bicyclic) bond motifs is 1. The Hall–Kier alpha value is -1.75. The molecule has 1 fully saturated rings. The summed E-state index contributed by atoms with van der Waals surface area (Å²) < 4.78 is 2.10. The predicted octanol–water partition coefficient (Wildman–Crippen LogP) is 3.90. The van der Waals surface area contributed by atoms with E-state index >= 15 is 0 Å². The highest BCUT2D eigenvalue weighted by molar-refractivity contribution is 6.18. The van der Waals surface area contributed by atoms with Crippen molar-refractivity contribution in [2.45, 2.75) is 44.4 Å². The van der Waals surface area contributed by atoms with Gasteiger partial charge < -0.3 is 15.0 Å². The normalized spacial score (nSPS) is 14.8. The fraction of sp³-hybridized carbons (Fsp3) is 0.556. The van der Waals surface area contributed by atoms with Crippen LogP contribution in [0.3, 0.4) is 0 Å². The summed E-state index contributed by atoms with van der Waals surface area (Å²) in [6.45, 7) is 0.741. The van der Waals surface area contributed by atoms with Crippen molar-refractivity contribution in [3.05, 3.63) is 23.5 Å². The first kappa shape index (κ1) is 17.1. The van der Waals surface area contributed by atoms with Gasteiger partial charge in [0.05, 0.1) is 11.0 Å². The molecule has 130 valence electrons. The Morgan fingerprint density at radius 1 is 1.46 bits per heavy atom. The smallest absolute Gasteiger partial charge is 0.303 e. The van der Waals surface area contributed by atoms with E-state index in [1.54, 1.807) is 0 Å². The first-order chi connectivity index (χ1) is 11.6. The minimum Gasteiger partial charge on any atom is -0.481 e. The number of benzene rings is 1. The van der Waals surface area contributed by atoms with E-state index in [4.69, 9.17) is 21.7 Å². The molecule has 1 heterocycles. The van der Waals surface area contributed by atoms with Gasteiger partial charge in [-0.3, -0.25) is 4.79 Å². The van der Waals surface area contributed by atoms with Crippen LogP contribution in [0.1, 0.15) is 49.4 Å². The van der Waals surface area contributed by atoms with Crippen LogP contribution in [0.4, 0.5) is 5.69 Å². The Labute approximate surface area is 147 Å². The van der Waals surface area contributed by atoms with E-state index in [-0.39, 0.29) is 6.42 Å². The van der Waals surface area contributed by atoms with Gasteiger partial charge in [0.15, 0.2) is 0 Å². The van der Waals surface area contributed by atoms with Crippen molar-refractivity contribution in [2.24, 2.45) is 7.05 Å². The summed E-state index contributed by atoms with van der Waals surface area (Å²) in [7, 11) is 2.02. The van der Waals surface area contributed by atoms with Crippen molar-refractivity contribution in [3.8, 4) is 0 Å². The van der Waals surface area contributed by atoms with E-state index in [2.05, 4.69) is 22.0 Å². The second kappa shape index (κ2) is 7.43. The molecule has 1 aromatic heterocycles. The van der Waals surface area contributed by atoms with Crippen LogP contribution in [0.25, 0.3) is 11.0 Å². The number of aryl methyl sites for hydroxylation is 2. The highest BCUT2D eigenvalue weighted by Crippen LogP contribution is 2.43. The highest BCUT2D eigenvalue weighted by atomic mass is 35.5. The molecule has 5 nitrogen and oxygen atoms in total. The Balaban J connectivity index is 1.96. The lowest BCUT2D eigenvalue weighted by atomic mass is 9.78. The summed E-state index contributed by atoms with van der Waals surface area (Å²) in [4.78, 5) is 15.6. The van der Waals surface area contributed by atoms with Gasteiger partial charge >= 0.3 is 5.97 Å². The second-order valence-corrected chi connectivity index (χ2v) is 6.85. The number of nitrogens with one attached hydrogen (secondary N) is 1. The van der Waals surface area contributed by atoms with Crippen LogP contribution in [-0.2, 0) is 18.3 Å². The van der Waals surface area contributed by atoms with Crippen molar-refractivity contribution in [3.63, 3.8) is 0 Å². The molecule has 1 saturated carbocycles. The third-order valence-corrected chi connectivity index (χ3v) is 5.09. The van der Waals surface area contributed by atoms with Crippen LogP contribution in [0.5, 0.6) is 0 Å². The molecule has 0 atom stereocenters. The van der Waals surface area contributed by atoms with E-state index in [0.717, 1.165) is 29.1 Å². The maximum absolute atomic E-state index is 10.7. The fourth-order valence-electron chi connectivity index (χ4n) is 3.40. The molecule has 0 saturated heterocycles. The van der Waals surface area contributed by atoms with Gasteiger partial charge in [-0.15, -0.1) is 11.6 Å². The van der Waals surface area contributed by atoms with Crippen molar-refractivity contribution in [1.82, 2.24) is 9.55 Å². The van der Waals surface area contributed by atoms with Gasteiger partial charge in [0, 0.05) is 43.6 Å². The molecule has 6 heteroatoms. The zero-order valence-corrected chi connectivity index (χ0v) is 14.8. The SMILES string of the molecule is Cn1c(CCCC(=O)O)nc2c(C3CCC3)c(NCCCl)ccc21. The second-order valence-electron chi connectivity index (χ2n) is 6.47. The van der Waals surface area contributed by atoms with Gasteiger partial charge in [0.2, 0.25) is 0 Å². The van der Waals surface area contributed by atoms with Crippen molar-refractivity contribution in [2.75, 3.05) is 17.7 Å². The molecular formula is C18H24ClN3O2. The minimum atomic E-state index is -0.753. The maximum atomic E-state index is 10.7. The van der Waals surface area contributed by atoms with Gasteiger partial charge in [-0.05, 0) is 37.3 Å². The van der Waals surface area contributed by atoms with Gasteiger partial charge in [-0.2, -0.15) is 0 Å². The number of carbonyl (C=O) groups is 1. The Morgan fingerprint density at radius 3 is 2.88 bits per heavy atom. The monoisotopic (exact) mass is 349 g/mol. The number of hydrogen-bond acceptors (Lipinski definition) is 3. The summed E-state index contributed by atoms with van der Waals surface area (Å²) in [6, 6.07) is 4.23. The van der Waals surface area contributed by atoms with E-state index in [1.165, 1.54) is 24.8 Å². The topological polar surface area (TPSA) is 67.2 Å². The Bertz CT molecular complexity index is 737. The van der Waals surface area contributed by atoms with E-state index in [9.17, 15) is 4.79 Å². The zero-order valence-electron chi connectivity index (χ0n) is 14.0. The van der Waals surface area contributed by atoms with Crippen LogP contribution < -0.4 is 5.32 Å². The lowest BCUT2D eigenvalue weighted by molar-refractivity contribution is -0.137. The molecule has 0 bridgehead atoms. The summed E-state index contributed by atoms with van der Waals surface area (Å²) in [6.07, 6.45) is 5.17. The average molecular weight is 350 g/mol. The summed E-state index contributed by atoms with van der Waals surface area (Å²) in [5.41, 5.74) is 4.64. The maximum Gasteiger partial charge on any atom is 0.303 e. The lowest BCUT2D eigenvalue weighted by Gasteiger charge is -2.28. The van der Waals surface area contributed by atoms with Crippen LogP contribution in [0.15, 0.2) is 12.1 Å². The highest BCUT2D eigenvalue weighted by Gasteiger charge is 2.26. The predicted molar refractivity (Wildman–Crippen MR) is 97.1 cm³/mol. The number of rotatable bonds is 8. The van der Waals surface area contributed by atoms with Crippen molar-refractivity contribution in [1.29, 1.82) is 0 Å². The average Bonchev–Trinajstić information content (AvgIpc) is 2.81. The number of aliphatic carboxylic acids is 1. The van der Waals surface area contributed by atoms with Gasteiger partial charge in [0.1, 0.15) is 5.82 Å². The number of aromatic nitrogens is 2. The number of alkyl halides is 1. The molecule has 1 aromatic carbocycles. The van der Waals surface area contributed by atoms with E-state index < -0.39 is 5.97 Å². The standard InChI is InChI=1S/C18H24ClN3O2/c1-22-14-9-8-13(20-11-10-19)17(12-4-2-5-12)18(14)21-15(22)6-3-7-16(23)24/h8-9,12,20H,2-7,10-11H2,1H3,(H,23,24). The minimum absolute atomic E-state index is 0.182. The van der Waals surface area contributed by atoms with Gasteiger partial charge in [-0.1, -0.05) is 6.42 Å². The van der Waals surface area contributed by atoms with Crippen LogP contribution in [0.2, 0.25) is 0 Å².